The van der Waals surface area contributed by atoms with Crippen molar-refractivity contribution in [3.05, 3.63) is 76.7 Å². The zero-order chi connectivity index (χ0) is 22.1. The number of anilines is 1. The van der Waals surface area contributed by atoms with Crippen LogP contribution in [0.4, 0.5) is 18.9 Å². The van der Waals surface area contributed by atoms with Crippen molar-refractivity contribution in [1.29, 1.82) is 0 Å². The van der Waals surface area contributed by atoms with Gasteiger partial charge in [-0.15, -0.1) is 0 Å². The Balaban J connectivity index is 1.86. The Bertz CT molecular complexity index is 1030. The van der Waals surface area contributed by atoms with E-state index >= 15 is 0 Å². The lowest BCUT2D eigenvalue weighted by molar-refractivity contribution is -0.131. The highest BCUT2D eigenvalue weighted by Crippen LogP contribution is 2.36. The number of carbonyl (C=O) groups is 1. The fourth-order valence-corrected chi connectivity index (χ4v) is 4.22. The van der Waals surface area contributed by atoms with Gasteiger partial charge in [-0.3, -0.25) is 9.69 Å². The van der Waals surface area contributed by atoms with Crippen LogP contribution in [-0.2, 0) is 9.53 Å². The zero-order valence-electron chi connectivity index (χ0n) is 16.7. The van der Waals surface area contributed by atoms with E-state index in [1.165, 1.54) is 30.3 Å². The number of nitrogens with zero attached hydrogens (tertiary/aromatic N) is 2. The minimum Gasteiger partial charge on any atom is -0.378 e. The molecule has 0 saturated carbocycles. The summed E-state index contributed by atoms with van der Waals surface area (Å²) in [4.78, 5) is 16.7. The monoisotopic (exact) mass is 447 g/mol. The molecule has 162 valence electrons. The number of nitrogens with one attached hydrogen (secondary N) is 1. The van der Waals surface area contributed by atoms with Crippen LogP contribution in [0.2, 0.25) is 0 Å². The predicted octanol–water partition coefficient (Wildman–Crippen LogP) is 3.67. The van der Waals surface area contributed by atoms with Crippen LogP contribution in [0.5, 0.6) is 0 Å². The molecular weight excluding hydrogens is 427 g/mol. The van der Waals surface area contributed by atoms with Gasteiger partial charge in [0.15, 0.2) is 5.11 Å². The molecule has 2 aromatic rings. The third-order valence-electron chi connectivity index (χ3n) is 5.39. The number of rotatable bonds is 3. The zero-order valence-corrected chi connectivity index (χ0v) is 17.5. The van der Waals surface area contributed by atoms with Crippen molar-refractivity contribution >= 4 is 28.9 Å². The van der Waals surface area contributed by atoms with Gasteiger partial charge in [0.05, 0.1) is 30.4 Å². The first-order chi connectivity index (χ1) is 14.9. The quantitative estimate of drug-likeness (QED) is 0.728. The van der Waals surface area contributed by atoms with E-state index in [1.807, 2.05) is 0 Å². The maximum absolute atomic E-state index is 14.7. The first kappa shape index (κ1) is 21.3. The summed E-state index contributed by atoms with van der Waals surface area (Å²) in [6.45, 7) is 3.15. The van der Waals surface area contributed by atoms with Crippen LogP contribution >= 0.6 is 12.2 Å². The molecule has 0 bridgehead atoms. The smallest absolute Gasteiger partial charge is 0.254 e. The van der Waals surface area contributed by atoms with E-state index in [0.29, 0.717) is 37.7 Å². The molecule has 0 spiro atoms. The molecule has 2 aromatic carbocycles. The summed E-state index contributed by atoms with van der Waals surface area (Å²) < 4.78 is 48.1. The van der Waals surface area contributed by atoms with Crippen LogP contribution < -0.4 is 10.2 Å². The standard InChI is InChI=1S/C22H20F3N3O2S/c1-13-18(21(29)27-9-11-30-12-10-27)20(19-16(24)3-2-4-17(19)25)26-22(31)28(13)15-7-5-14(23)6-8-15/h2-8,20H,9-12H2,1H3,(H,26,31)/t20-/m0/s1. The lowest BCUT2D eigenvalue weighted by Gasteiger charge is -2.40. The van der Waals surface area contributed by atoms with Crippen molar-refractivity contribution in [3.8, 4) is 0 Å². The highest BCUT2D eigenvalue weighted by atomic mass is 32.1. The maximum Gasteiger partial charge on any atom is 0.254 e. The van der Waals surface area contributed by atoms with Crippen molar-refractivity contribution in [2.45, 2.75) is 13.0 Å². The average molecular weight is 447 g/mol. The molecule has 2 aliphatic rings. The summed E-state index contributed by atoms with van der Waals surface area (Å²) in [5.41, 5.74) is 0.832. The summed E-state index contributed by atoms with van der Waals surface area (Å²) in [5.74, 6) is -2.35. The number of hydrogen-bond donors (Lipinski definition) is 1. The SMILES string of the molecule is CC1=C(C(=O)N2CCOCC2)[C@@H](c2c(F)cccc2F)NC(=S)N1c1ccc(F)cc1. The lowest BCUT2D eigenvalue weighted by Crippen LogP contribution is -2.51. The average Bonchev–Trinajstić information content (AvgIpc) is 2.75. The minimum atomic E-state index is -1.11. The number of allylic oxidation sites excluding steroid dienone is 1. The maximum atomic E-state index is 14.7. The third kappa shape index (κ3) is 4.03. The highest BCUT2D eigenvalue weighted by Gasteiger charge is 2.39. The number of amides is 1. The molecule has 0 aromatic heterocycles. The summed E-state index contributed by atoms with van der Waals surface area (Å²) in [6, 6.07) is 8.03. The molecule has 5 nitrogen and oxygen atoms in total. The number of ether oxygens (including phenoxy) is 1. The summed E-state index contributed by atoms with van der Waals surface area (Å²) >= 11 is 5.48. The van der Waals surface area contributed by atoms with E-state index in [4.69, 9.17) is 17.0 Å². The van der Waals surface area contributed by atoms with E-state index in [-0.39, 0.29) is 22.2 Å². The summed E-state index contributed by atoms with van der Waals surface area (Å²) in [6.07, 6.45) is 0. The van der Waals surface area contributed by atoms with Gasteiger partial charge in [-0.05, 0) is 55.5 Å². The van der Waals surface area contributed by atoms with Gasteiger partial charge in [0.2, 0.25) is 0 Å². The highest BCUT2D eigenvalue weighted by molar-refractivity contribution is 7.80. The van der Waals surface area contributed by atoms with E-state index in [0.717, 1.165) is 12.1 Å². The summed E-state index contributed by atoms with van der Waals surface area (Å²) in [5, 5.41) is 3.07. The van der Waals surface area contributed by atoms with E-state index in [1.54, 1.807) is 16.7 Å². The van der Waals surface area contributed by atoms with Gasteiger partial charge < -0.3 is 15.0 Å². The molecule has 31 heavy (non-hydrogen) atoms. The van der Waals surface area contributed by atoms with Gasteiger partial charge >= 0.3 is 0 Å². The third-order valence-corrected chi connectivity index (χ3v) is 5.69. The van der Waals surface area contributed by atoms with Crippen molar-refractivity contribution in [3.63, 3.8) is 0 Å². The second-order valence-corrected chi connectivity index (χ2v) is 7.62. The Hall–Kier alpha value is -2.91. The molecule has 0 aliphatic carbocycles. The van der Waals surface area contributed by atoms with Crippen molar-refractivity contribution < 1.29 is 22.7 Å². The van der Waals surface area contributed by atoms with Gasteiger partial charge in [0, 0.05) is 24.5 Å². The van der Waals surface area contributed by atoms with Crippen LogP contribution in [0.3, 0.4) is 0 Å². The van der Waals surface area contributed by atoms with Gasteiger partial charge in [-0.25, -0.2) is 13.2 Å². The minimum absolute atomic E-state index is 0.148. The molecule has 0 unspecified atom stereocenters. The molecular formula is C22H20F3N3O2S. The van der Waals surface area contributed by atoms with Crippen LogP contribution in [-0.4, -0.2) is 42.2 Å². The molecule has 1 atom stereocenters. The summed E-state index contributed by atoms with van der Waals surface area (Å²) in [7, 11) is 0. The van der Waals surface area contributed by atoms with Gasteiger partial charge in [0.25, 0.3) is 5.91 Å². The Morgan fingerprint density at radius 3 is 2.29 bits per heavy atom. The number of carbonyl (C=O) groups excluding carboxylic acids is 1. The Kier molecular flexibility index (Phi) is 5.97. The Morgan fingerprint density at radius 1 is 1.06 bits per heavy atom. The molecule has 0 radical (unpaired) electrons. The van der Waals surface area contributed by atoms with Gasteiger partial charge in [-0.2, -0.15) is 0 Å². The largest absolute Gasteiger partial charge is 0.378 e. The molecule has 1 amide bonds. The molecule has 9 heteroatoms. The molecule has 1 fully saturated rings. The fraction of sp³-hybridized carbons (Fsp3) is 0.273. The van der Waals surface area contributed by atoms with Gasteiger partial charge in [0.1, 0.15) is 17.5 Å². The van der Waals surface area contributed by atoms with Crippen molar-refractivity contribution in [2.75, 3.05) is 31.2 Å². The number of halogens is 3. The Morgan fingerprint density at radius 2 is 1.68 bits per heavy atom. The first-order valence-electron chi connectivity index (χ1n) is 9.76. The normalized spacial score (nSPS) is 19.5. The van der Waals surface area contributed by atoms with Crippen LogP contribution in [0.1, 0.15) is 18.5 Å². The van der Waals surface area contributed by atoms with E-state index < -0.39 is 23.5 Å². The Labute approximate surface area is 183 Å². The fourth-order valence-electron chi connectivity index (χ4n) is 3.86. The number of morpholine rings is 1. The lowest BCUT2D eigenvalue weighted by atomic mass is 9.92. The van der Waals surface area contributed by atoms with Gasteiger partial charge in [-0.1, -0.05) is 6.07 Å². The second kappa shape index (κ2) is 8.68. The van der Waals surface area contributed by atoms with Crippen LogP contribution in [0.15, 0.2) is 53.7 Å². The molecule has 2 heterocycles. The topological polar surface area (TPSA) is 44.8 Å². The molecule has 4 rings (SSSR count). The molecule has 1 saturated heterocycles. The molecule has 1 N–H and O–H groups in total. The number of thiocarbonyl (C=S) groups is 1. The number of benzene rings is 2. The van der Waals surface area contributed by atoms with Crippen molar-refractivity contribution in [1.82, 2.24) is 10.2 Å². The first-order valence-corrected chi connectivity index (χ1v) is 10.2. The van der Waals surface area contributed by atoms with Crippen LogP contribution in [0.25, 0.3) is 0 Å². The molecule has 2 aliphatic heterocycles. The van der Waals surface area contributed by atoms with E-state index in [2.05, 4.69) is 5.32 Å². The number of hydrogen-bond acceptors (Lipinski definition) is 3. The van der Waals surface area contributed by atoms with Crippen LogP contribution in [0, 0.1) is 17.5 Å². The van der Waals surface area contributed by atoms with E-state index in [9.17, 15) is 18.0 Å². The van der Waals surface area contributed by atoms with Crippen molar-refractivity contribution in [2.24, 2.45) is 0 Å². The second-order valence-electron chi connectivity index (χ2n) is 7.23. The predicted molar refractivity (Wildman–Crippen MR) is 114 cm³/mol.